The van der Waals surface area contributed by atoms with Gasteiger partial charge in [-0.15, -0.1) is 0 Å². The molecule has 0 saturated heterocycles. The Kier molecular flexibility index (Phi) is 5.73. The molecular weight excluding hydrogens is 258 g/mol. The molecule has 1 aromatic rings. The van der Waals surface area contributed by atoms with Crippen LogP contribution in [0.2, 0.25) is 0 Å². The van der Waals surface area contributed by atoms with Crippen molar-refractivity contribution in [2.45, 2.75) is 26.4 Å². The van der Waals surface area contributed by atoms with Crippen molar-refractivity contribution in [3.05, 3.63) is 35.4 Å². The summed E-state index contributed by atoms with van der Waals surface area (Å²) in [5.41, 5.74) is 0.745. The van der Waals surface area contributed by atoms with Gasteiger partial charge in [0.25, 0.3) is 0 Å². The van der Waals surface area contributed by atoms with Crippen LogP contribution in [0.1, 0.15) is 36.2 Å². The van der Waals surface area contributed by atoms with Crippen molar-refractivity contribution in [3.63, 3.8) is 0 Å². The maximum atomic E-state index is 11.9. The molecule has 0 saturated carbocycles. The lowest BCUT2D eigenvalue weighted by Gasteiger charge is -2.17. The summed E-state index contributed by atoms with van der Waals surface area (Å²) in [6, 6.07) is 7.98. The summed E-state index contributed by atoms with van der Waals surface area (Å²) in [6.07, 6.45) is -0.516. The molecule has 1 unspecified atom stereocenters. The third-order valence-electron chi connectivity index (χ3n) is 2.65. The summed E-state index contributed by atoms with van der Waals surface area (Å²) in [7, 11) is 1.26. The maximum absolute atomic E-state index is 11.9. The molecule has 5 nitrogen and oxygen atoms in total. The van der Waals surface area contributed by atoms with Crippen LogP contribution in [-0.4, -0.2) is 25.2 Å². The molecule has 0 heterocycles. The summed E-state index contributed by atoms with van der Waals surface area (Å²) in [5.74, 6) is -0.987. The van der Waals surface area contributed by atoms with Crippen molar-refractivity contribution in [2.24, 2.45) is 5.92 Å². The van der Waals surface area contributed by atoms with Crippen LogP contribution in [0.3, 0.4) is 0 Å². The van der Waals surface area contributed by atoms with Crippen molar-refractivity contribution in [3.8, 4) is 6.07 Å². The number of benzene rings is 1. The van der Waals surface area contributed by atoms with Crippen LogP contribution in [0.5, 0.6) is 0 Å². The minimum Gasteiger partial charge on any atom is -0.466 e. The van der Waals surface area contributed by atoms with E-state index in [9.17, 15) is 9.59 Å². The highest BCUT2D eigenvalue weighted by molar-refractivity contribution is 5.91. The molecule has 0 spiro atoms. The van der Waals surface area contributed by atoms with Gasteiger partial charge in [0.1, 0.15) is 0 Å². The van der Waals surface area contributed by atoms with Crippen molar-refractivity contribution >= 4 is 11.9 Å². The first-order chi connectivity index (χ1) is 9.47. The first kappa shape index (κ1) is 15.7. The largest absolute Gasteiger partial charge is 0.466 e. The third-order valence-corrected chi connectivity index (χ3v) is 2.65. The van der Waals surface area contributed by atoms with Gasteiger partial charge >= 0.3 is 11.9 Å². The molecule has 0 bridgehead atoms. The van der Waals surface area contributed by atoms with Gasteiger partial charge in [-0.25, -0.2) is 9.59 Å². The van der Waals surface area contributed by atoms with Gasteiger partial charge < -0.3 is 9.47 Å². The van der Waals surface area contributed by atoms with E-state index in [1.807, 2.05) is 19.9 Å². The van der Waals surface area contributed by atoms with E-state index in [0.717, 1.165) is 0 Å². The van der Waals surface area contributed by atoms with Crippen LogP contribution in [0.15, 0.2) is 24.3 Å². The summed E-state index contributed by atoms with van der Waals surface area (Å²) < 4.78 is 9.80. The van der Waals surface area contributed by atoms with E-state index in [2.05, 4.69) is 4.74 Å². The molecule has 1 atom stereocenters. The van der Waals surface area contributed by atoms with Gasteiger partial charge in [-0.3, -0.25) is 0 Å². The first-order valence-corrected chi connectivity index (χ1v) is 6.27. The summed E-state index contributed by atoms with van der Waals surface area (Å²) >= 11 is 0. The number of methoxy groups -OCH3 is 1. The van der Waals surface area contributed by atoms with Gasteiger partial charge in [0.05, 0.1) is 24.3 Å². The van der Waals surface area contributed by atoms with E-state index in [1.165, 1.54) is 31.4 Å². The fourth-order valence-electron chi connectivity index (χ4n) is 1.63. The van der Waals surface area contributed by atoms with Crippen molar-refractivity contribution in [2.75, 3.05) is 7.11 Å². The fraction of sp³-hybridized carbons (Fsp3) is 0.400. The third kappa shape index (κ3) is 4.39. The normalized spacial score (nSPS) is 11.6. The SMILES string of the molecule is COC(=O)C(CC(C)C)OC(=O)c1ccc(C#N)cc1. The van der Waals surface area contributed by atoms with Gasteiger partial charge in [-0.1, -0.05) is 13.8 Å². The van der Waals surface area contributed by atoms with Gasteiger partial charge in [0, 0.05) is 0 Å². The summed E-state index contributed by atoms with van der Waals surface area (Å²) in [4.78, 5) is 23.5. The lowest BCUT2D eigenvalue weighted by molar-refractivity contribution is -0.151. The molecule has 106 valence electrons. The molecular formula is C15H17NO4. The van der Waals surface area contributed by atoms with Crippen LogP contribution in [0.4, 0.5) is 0 Å². The Labute approximate surface area is 118 Å². The summed E-state index contributed by atoms with van der Waals surface area (Å²) in [5, 5.41) is 8.69. The van der Waals surface area contributed by atoms with Gasteiger partial charge in [0.15, 0.2) is 6.10 Å². The van der Waals surface area contributed by atoms with Crippen LogP contribution in [0.25, 0.3) is 0 Å². The average Bonchev–Trinajstić information content (AvgIpc) is 2.45. The number of carbonyl (C=O) groups excluding carboxylic acids is 2. The predicted octanol–water partition coefficient (Wildman–Crippen LogP) is 2.30. The molecule has 20 heavy (non-hydrogen) atoms. The number of rotatable bonds is 5. The van der Waals surface area contributed by atoms with E-state index in [-0.39, 0.29) is 5.92 Å². The van der Waals surface area contributed by atoms with Crippen molar-refractivity contribution in [1.82, 2.24) is 0 Å². The maximum Gasteiger partial charge on any atom is 0.347 e. The second kappa shape index (κ2) is 7.29. The zero-order valence-corrected chi connectivity index (χ0v) is 11.8. The van der Waals surface area contributed by atoms with E-state index in [0.29, 0.717) is 17.5 Å². The fourth-order valence-corrected chi connectivity index (χ4v) is 1.63. The Morgan fingerprint density at radius 2 is 1.85 bits per heavy atom. The van der Waals surface area contributed by atoms with Crippen LogP contribution in [0, 0.1) is 17.2 Å². The number of hydrogen-bond donors (Lipinski definition) is 0. The second-order valence-corrected chi connectivity index (χ2v) is 4.74. The topological polar surface area (TPSA) is 76.4 Å². The number of nitriles is 1. The van der Waals surface area contributed by atoms with E-state index in [4.69, 9.17) is 10.00 Å². The molecule has 0 fully saturated rings. The highest BCUT2D eigenvalue weighted by Crippen LogP contribution is 2.13. The smallest absolute Gasteiger partial charge is 0.347 e. The monoisotopic (exact) mass is 275 g/mol. The van der Waals surface area contributed by atoms with Crippen molar-refractivity contribution in [1.29, 1.82) is 5.26 Å². The highest BCUT2D eigenvalue weighted by atomic mass is 16.6. The number of hydrogen-bond acceptors (Lipinski definition) is 5. The molecule has 0 N–H and O–H groups in total. The summed E-state index contributed by atoms with van der Waals surface area (Å²) in [6.45, 7) is 3.84. The Balaban J connectivity index is 2.79. The standard InChI is InChI=1S/C15H17NO4/c1-10(2)8-13(15(18)19-3)20-14(17)12-6-4-11(9-16)5-7-12/h4-7,10,13H,8H2,1-3H3. The average molecular weight is 275 g/mol. The molecule has 0 amide bonds. The molecule has 0 radical (unpaired) electrons. The zero-order chi connectivity index (χ0) is 15.1. The van der Waals surface area contributed by atoms with Gasteiger partial charge in [-0.05, 0) is 36.6 Å². The Morgan fingerprint density at radius 1 is 1.25 bits per heavy atom. The quantitative estimate of drug-likeness (QED) is 0.771. The number of esters is 2. The molecule has 0 aliphatic rings. The van der Waals surface area contributed by atoms with Crippen molar-refractivity contribution < 1.29 is 19.1 Å². The minimum absolute atomic E-state index is 0.188. The zero-order valence-electron chi connectivity index (χ0n) is 11.8. The van der Waals surface area contributed by atoms with E-state index >= 15 is 0 Å². The molecule has 0 aromatic heterocycles. The van der Waals surface area contributed by atoms with Crippen LogP contribution < -0.4 is 0 Å². The Hall–Kier alpha value is -2.35. The number of ether oxygens (including phenoxy) is 2. The molecule has 0 aliphatic carbocycles. The Morgan fingerprint density at radius 3 is 2.30 bits per heavy atom. The lowest BCUT2D eigenvalue weighted by Crippen LogP contribution is -2.29. The first-order valence-electron chi connectivity index (χ1n) is 6.27. The highest BCUT2D eigenvalue weighted by Gasteiger charge is 2.25. The van der Waals surface area contributed by atoms with Gasteiger partial charge in [-0.2, -0.15) is 5.26 Å². The molecule has 0 aliphatic heterocycles. The molecule has 1 rings (SSSR count). The minimum atomic E-state index is -0.914. The molecule has 1 aromatic carbocycles. The van der Waals surface area contributed by atoms with E-state index < -0.39 is 18.0 Å². The second-order valence-electron chi connectivity index (χ2n) is 4.74. The predicted molar refractivity (Wildman–Crippen MR) is 71.8 cm³/mol. The number of carbonyl (C=O) groups is 2. The van der Waals surface area contributed by atoms with Crippen LogP contribution >= 0.6 is 0 Å². The van der Waals surface area contributed by atoms with E-state index in [1.54, 1.807) is 0 Å². The van der Waals surface area contributed by atoms with Crippen LogP contribution in [-0.2, 0) is 14.3 Å². The Bertz CT molecular complexity index is 514. The number of nitrogens with zero attached hydrogens (tertiary/aromatic N) is 1. The van der Waals surface area contributed by atoms with Gasteiger partial charge in [0.2, 0.25) is 0 Å². The lowest BCUT2D eigenvalue weighted by atomic mass is 10.1. The molecule has 5 heteroatoms.